The summed E-state index contributed by atoms with van der Waals surface area (Å²) in [5, 5.41) is 9.38. The topological polar surface area (TPSA) is 42.7 Å². The first-order valence-corrected chi connectivity index (χ1v) is 5.27. The lowest BCUT2D eigenvalue weighted by Crippen LogP contribution is -2.06. The Kier molecular flexibility index (Phi) is 2.60. The van der Waals surface area contributed by atoms with E-state index in [1.807, 2.05) is 30.2 Å². The van der Waals surface area contributed by atoms with Crippen molar-refractivity contribution in [1.82, 2.24) is 20.1 Å². The minimum atomic E-state index is 0.708. The van der Waals surface area contributed by atoms with Crippen LogP contribution in [0.5, 0.6) is 0 Å². The lowest BCUT2D eigenvalue weighted by atomic mass is 10.4. The fourth-order valence-electron chi connectivity index (χ4n) is 1.29. The van der Waals surface area contributed by atoms with Crippen molar-refractivity contribution < 1.29 is 0 Å². The average molecular weight is 208 g/mol. The van der Waals surface area contributed by atoms with Crippen LogP contribution in [0.1, 0.15) is 5.82 Å². The van der Waals surface area contributed by atoms with Crippen molar-refractivity contribution in [3.8, 4) is 10.7 Å². The molecule has 2 aromatic rings. The molecule has 0 aliphatic heterocycles. The van der Waals surface area contributed by atoms with Gasteiger partial charge in [-0.15, -0.1) is 11.3 Å². The Hall–Kier alpha value is -1.20. The fraction of sp³-hybridized carbons (Fsp3) is 0.333. The van der Waals surface area contributed by atoms with Gasteiger partial charge < -0.3 is 5.32 Å². The Labute approximate surface area is 86.6 Å². The van der Waals surface area contributed by atoms with Crippen molar-refractivity contribution in [2.75, 3.05) is 7.05 Å². The van der Waals surface area contributed by atoms with E-state index in [9.17, 15) is 0 Å². The number of nitrogens with zero attached hydrogens (tertiary/aromatic N) is 3. The number of thiophene rings is 1. The van der Waals surface area contributed by atoms with E-state index in [0.29, 0.717) is 6.54 Å². The summed E-state index contributed by atoms with van der Waals surface area (Å²) in [7, 11) is 3.81. The Morgan fingerprint density at radius 1 is 1.57 bits per heavy atom. The monoisotopic (exact) mass is 208 g/mol. The summed E-state index contributed by atoms with van der Waals surface area (Å²) in [4.78, 5) is 5.60. The molecule has 0 saturated carbocycles. The molecule has 0 radical (unpaired) electrons. The average Bonchev–Trinajstić information content (AvgIpc) is 2.74. The molecule has 0 bridgehead atoms. The summed E-state index contributed by atoms with van der Waals surface area (Å²) in [6, 6.07) is 4.07. The van der Waals surface area contributed by atoms with Crippen LogP contribution in [0, 0.1) is 0 Å². The fourth-order valence-corrected chi connectivity index (χ4v) is 2.03. The summed E-state index contributed by atoms with van der Waals surface area (Å²) in [6.45, 7) is 0.708. The van der Waals surface area contributed by atoms with Gasteiger partial charge in [0.2, 0.25) is 0 Å². The predicted molar refractivity (Wildman–Crippen MR) is 57.1 cm³/mol. The lowest BCUT2D eigenvalue weighted by Gasteiger charge is -1.93. The molecule has 0 fully saturated rings. The standard InChI is InChI=1S/C9H12N4S/c1-10-6-8-11-9(13(2)12-8)7-4-3-5-14-7/h3-5,10H,6H2,1-2H3. The molecule has 0 aliphatic rings. The second kappa shape index (κ2) is 3.89. The van der Waals surface area contributed by atoms with Crippen molar-refractivity contribution in [3.63, 3.8) is 0 Å². The summed E-state index contributed by atoms with van der Waals surface area (Å²) >= 11 is 1.68. The number of hydrogen-bond donors (Lipinski definition) is 1. The molecule has 0 spiro atoms. The number of nitrogens with one attached hydrogen (secondary N) is 1. The van der Waals surface area contributed by atoms with Crippen LogP contribution in [0.25, 0.3) is 10.7 Å². The van der Waals surface area contributed by atoms with E-state index in [-0.39, 0.29) is 0 Å². The molecule has 0 atom stereocenters. The summed E-state index contributed by atoms with van der Waals surface area (Å²) in [5.74, 6) is 1.77. The van der Waals surface area contributed by atoms with E-state index in [2.05, 4.69) is 21.5 Å². The highest BCUT2D eigenvalue weighted by atomic mass is 32.1. The van der Waals surface area contributed by atoms with Gasteiger partial charge in [0.05, 0.1) is 11.4 Å². The molecule has 0 aromatic carbocycles. The van der Waals surface area contributed by atoms with Crippen LogP contribution in [0.4, 0.5) is 0 Å². The Morgan fingerprint density at radius 3 is 3.07 bits per heavy atom. The zero-order valence-electron chi connectivity index (χ0n) is 8.19. The Bertz CT molecular complexity index is 404. The summed E-state index contributed by atoms with van der Waals surface area (Å²) in [5.41, 5.74) is 0. The van der Waals surface area contributed by atoms with E-state index >= 15 is 0 Å². The second-order valence-corrected chi connectivity index (χ2v) is 3.93. The number of aryl methyl sites for hydroxylation is 1. The molecule has 5 heteroatoms. The summed E-state index contributed by atoms with van der Waals surface area (Å²) < 4.78 is 1.82. The third-order valence-corrected chi connectivity index (χ3v) is 2.75. The van der Waals surface area contributed by atoms with E-state index < -0.39 is 0 Å². The van der Waals surface area contributed by atoms with Crippen molar-refractivity contribution in [2.45, 2.75) is 6.54 Å². The SMILES string of the molecule is CNCc1nc(-c2cccs2)n(C)n1. The molecular formula is C9H12N4S. The van der Waals surface area contributed by atoms with Crippen LogP contribution < -0.4 is 5.32 Å². The maximum Gasteiger partial charge on any atom is 0.168 e. The Balaban J connectivity index is 2.35. The zero-order valence-corrected chi connectivity index (χ0v) is 9.01. The number of hydrogen-bond acceptors (Lipinski definition) is 4. The van der Waals surface area contributed by atoms with Crippen molar-refractivity contribution in [2.24, 2.45) is 7.05 Å². The van der Waals surface area contributed by atoms with Gasteiger partial charge in [-0.05, 0) is 18.5 Å². The highest BCUT2D eigenvalue weighted by molar-refractivity contribution is 7.13. The van der Waals surface area contributed by atoms with Gasteiger partial charge in [-0.2, -0.15) is 5.10 Å². The molecule has 2 rings (SSSR count). The van der Waals surface area contributed by atoms with Gasteiger partial charge in [-0.3, -0.25) is 0 Å². The van der Waals surface area contributed by atoms with Gasteiger partial charge in [0, 0.05) is 7.05 Å². The molecule has 2 aromatic heterocycles. The van der Waals surface area contributed by atoms with Crippen molar-refractivity contribution in [3.05, 3.63) is 23.3 Å². The molecule has 2 heterocycles. The first kappa shape index (κ1) is 9.36. The minimum absolute atomic E-state index is 0.708. The van der Waals surface area contributed by atoms with Gasteiger partial charge >= 0.3 is 0 Å². The number of rotatable bonds is 3. The molecular weight excluding hydrogens is 196 g/mol. The predicted octanol–water partition coefficient (Wildman–Crippen LogP) is 1.26. The van der Waals surface area contributed by atoms with Crippen LogP contribution in [0.15, 0.2) is 17.5 Å². The smallest absolute Gasteiger partial charge is 0.168 e. The van der Waals surface area contributed by atoms with Gasteiger partial charge in [0.15, 0.2) is 11.6 Å². The third kappa shape index (κ3) is 1.69. The maximum absolute atomic E-state index is 4.44. The highest BCUT2D eigenvalue weighted by Crippen LogP contribution is 2.21. The summed E-state index contributed by atoms with van der Waals surface area (Å²) in [6.07, 6.45) is 0. The molecule has 0 saturated heterocycles. The third-order valence-electron chi connectivity index (χ3n) is 1.88. The largest absolute Gasteiger partial charge is 0.313 e. The van der Waals surface area contributed by atoms with Crippen LogP contribution in [-0.2, 0) is 13.6 Å². The highest BCUT2D eigenvalue weighted by Gasteiger charge is 2.08. The van der Waals surface area contributed by atoms with Crippen LogP contribution in [-0.4, -0.2) is 21.8 Å². The van der Waals surface area contributed by atoms with Crippen LogP contribution in [0.2, 0.25) is 0 Å². The molecule has 74 valence electrons. The van der Waals surface area contributed by atoms with Crippen molar-refractivity contribution in [1.29, 1.82) is 0 Å². The lowest BCUT2D eigenvalue weighted by molar-refractivity contribution is 0.711. The van der Waals surface area contributed by atoms with E-state index in [1.54, 1.807) is 11.3 Å². The van der Waals surface area contributed by atoms with Gasteiger partial charge in [0.25, 0.3) is 0 Å². The first-order valence-electron chi connectivity index (χ1n) is 4.39. The maximum atomic E-state index is 4.44. The molecule has 0 unspecified atom stereocenters. The molecule has 14 heavy (non-hydrogen) atoms. The quantitative estimate of drug-likeness (QED) is 0.826. The molecule has 0 aliphatic carbocycles. The molecule has 0 amide bonds. The van der Waals surface area contributed by atoms with Crippen LogP contribution >= 0.6 is 11.3 Å². The normalized spacial score (nSPS) is 10.7. The number of aromatic nitrogens is 3. The zero-order chi connectivity index (χ0) is 9.97. The van der Waals surface area contributed by atoms with E-state index in [1.165, 1.54) is 0 Å². The van der Waals surface area contributed by atoms with Gasteiger partial charge in [-0.1, -0.05) is 6.07 Å². The van der Waals surface area contributed by atoms with E-state index in [4.69, 9.17) is 0 Å². The van der Waals surface area contributed by atoms with Gasteiger partial charge in [-0.25, -0.2) is 9.67 Å². The van der Waals surface area contributed by atoms with Gasteiger partial charge in [0.1, 0.15) is 0 Å². The second-order valence-electron chi connectivity index (χ2n) is 2.98. The molecule has 1 N–H and O–H groups in total. The first-order chi connectivity index (χ1) is 6.81. The van der Waals surface area contributed by atoms with Crippen molar-refractivity contribution >= 4 is 11.3 Å². The van der Waals surface area contributed by atoms with Crippen LogP contribution in [0.3, 0.4) is 0 Å². The Morgan fingerprint density at radius 2 is 2.43 bits per heavy atom. The molecule has 4 nitrogen and oxygen atoms in total. The minimum Gasteiger partial charge on any atom is -0.313 e. The van der Waals surface area contributed by atoms with E-state index in [0.717, 1.165) is 16.5 Å².